The zero-order valence-corrected chi connectivity index (χ0v) is 15.6. The first-order chi connectivity index (χ1) is 11.8. The number of aryl methyl sites for hydroxylation is 1. The lowest BCUT2D eigenvalue weighted by Gasteiger charge is -2.05. The van der Waals surface area contributed by atoms with E-state index in [4.69, 9.17) is 39.2 Å². The van der Waals surface area contributed by atoms with E-state index in [2.05, 4.69) is 15.4 Å². The van der Waals surface area contributed by atoms with Gasteiger partial charge in [0, 0.05) is 6.20 Å². The Bertz CT molecular complexity index is 949. The standard InChI is InChI=1S/C16H13Cl3N4O2/c1-8-14(19)9(2)23(22-8)7-11-3-4-13(25-11)16(24)21-15-12(18)5-10(17)6-20-15/h3-6H,7H2,1-2H3,(H,20,21,24). The quantitative estimate of drug-likeness (QED) is 0.687. The van der Waals surface area contributed by atoms with Crippen LogP contribution >= 0.6 is 34.8 Å². The van der Waals surface area contributed by atoms with E-state index in [0.717, 1.165) is 11.4 Å². The summed E-state index contributed by atoms with van der Waals surface area (Å²) in [5.74, 6) is 0.451. The van der Waals surface area contributed by atoms with Gasteiger partial charge in [-0.2, -0.15) is 5.10 Å². The molecule has 0 aliphatic rings. The number of furan rings is 1. The van der Waals surface area contributed by atoms with Gasteiger partial charge in [-0.25, -0.2) is 4.98 Å². The summed E-state index contributed by atoms with van der Waals surface area (Å²) >= 11 is 17.9. The first-order valence-corrected chi connectivity index (χ1v) is 8.39. The van der Waals surface area contributed by atoms with Crippen LogP contribution in [-0.4, -0.2) is 20.7 Å². The van der Waals surface area contributed by atoms with Crippen molar-refractivity contribution in [2.75, 3.05) is 5.32 Å². The SMILES string of the molecule is Cc1nn(Cc2ccc(C(=O)Nc3ncc(Cl)cc3Cl)o2)c(C)c1Cl. The number of hydrogen-bond acceptors (Lipinski definition) is 4. The van der Waals surface area contributed by atoms with Crippen molar-refractivity contribution in [2.24, 2.45) is 0 Å². The van der Waals surface area contributed by atoms with Crippen molar-refractivity contribution >= 4 is 46.5 Å². The molecule has 0 radical (unpaired) electrons. The number of anilines is 1. The fourth-order valence-corrected chi connectivity index (χ4v) is 2.80. The zero-order valence-electron chi connectivity index (χ0n) is 13.3. The molecule has 0 unspecified atom stereocenters. The van der Waals surface area contributed by atoms with E-state index in [1.54, 1.807) is 16.8 Å². The van der Waals surface area contributed by atoms with E-state index >= 15 is 0 Å². The number of rotatable bonds is 4. The Morgan fingerprint density at radius 1 is 1.28 bits per heavy atom. The molecule has 0 fully saturated rings. The number of nitrogens with zero attached hydrogens (tertiary/aromatic N) is 3. The second-order valence-electron chi connectivity index (χ2n) is 5.35. The second kappa shape index (κ2) is 7.07. The maximum absolute atomic E-state index is 12.3. The maximum atomic E-state index is 12.3. The summed E-state index contributed by atoms with van der Waals surface area (Å²) in [6, 6.07) is 4.77. The number of carbonyl (C=O) groups excluding carboxylic acids is 1. The monoisotopic (exact) mass is 398 g/mol. The van der Waals surface area contributed by atoms with Gasteiger partial charge in [0.05, 0.1) is 33.0 Å². The van der Waals surface area contributed by atoms with Gasteiger partial charge in [0.15, 0.2) is 11.6 Å². The fourth-order valence-electron chi connectivity index (χ4n) is 2.24. The zero-order chi connectivity index (χ0) is 18.1. The Morgan fingerprint density at radius 3 is 2.68 bits per heavy atom. The van der Waals surface area contributed by atoms with E-state index < -0.39 is 5.91 Å². The Hall–Kier alpha value is -2.02. The lowest BCUT2D eigenvalue weighted by atomic mass is 10.3. The molecule has 0 aliphatic heterocycles. The molecule has 6 nitrogen and oxygen atoms in total. The second-order valence-corrected chi connectivity index (χ2v) is 6.57. The Morgan fingerprint density at radius 2 is 2.04 bits per heavy atom. The summed E-state index contributed by atoms with van der Waals surface area (Å²) in [5.41, 5.74) is 1.57. The molecule has 0 bridgehead atoms. The molecule has 3 aromatic rings. The predicted octanol–water partition coefficient (Wildman–Crippen LogP) is 4.75. The lowest BCUT2D eigenvalue weighted by Crippen LogP contribution is -2.12. The number of amides is 1. The Labute approximate surface area is 158 Å². The molecule has 1 amide bonds. The molecule has 0 atom stereocenters. The summed E-state index contributed by atoms with van der Waals surface area (Å²) in [5, 5.41) is 8.15. The van der Waals surface area contributed by atoms with E-state index in [-0.39, 0.29) is 16.6 Å². The predicted molar refractivity (Wildman–Crippen MR) is 96.7 cm³/mol. The third-order valence-corrected chi connectivity index (χ3v) is 4.57. The van der Waals surface area contributed by atoms with Gasteiger partial charge in [0.2, 0.25) is 0 Å². The summed E-state index contributed by atoms with van der Waals surface area (Å²) in [4.78, 5) is 16.2. The van der Waals surface area contributed by atoms with Crippen molar-refractivity contribution in [2.45, 2.75) is 20.4 Å². The number of nitrogens with one attached hydrogen (secondary N) is 1. The lowest BCUT2D eigenvalue weighted by molar-refractivity contribution is 0.0994. The molecule has 0 saturated carbocycles. The summed E-state index contributed by atoms with van der Waals surface area (Å²) in [7, 11) is 0. The molecule has 130 valence electrons. The van der Waals surface area contributed by atoms with Crippen LogP contribution in [0.25, 0.3) is 0 Å². The molecule has 3 aromatic heterocycles. The van der Waals surface area contributed by atoms with Gasteiger partial charge in [-0.05, 0) is 32.0 Å². The molecule has 0 aliphatic carbocycles. The topological polar surface area (TPSA) is 73.0 Å². The van der Waals surface area contributed by atoms with Gasteiger partial charge in [-0.1, -0.05) is 34.8 Å². The van der Waals surface area contributed by atoms with Crippen molar-refractivity contribution in [3.63, 3.8) is 0 Å². The van der Waals surface area contributed by atoms with Crippen LogP contribution in [0, 0.1) is 13.8 Å². The molecule has 25 heavy (non-hydrogen) atoms. The Kier molecular flexibility index (Phi) is 5.03. The third kappa shape index (κ3) is 3.81. The summed E-state index contributed by atoms with van der Waals surface area (Å²) in [6.07, 6.45) is 1.39. The van der Waals surface area contributed by atoms with Crippen molar-refractivity contribution in [1.29, 1.82) is 0 Å². The van der Waals surface area contributed by atoms with Crippen LogP contribution < -0.4 is 5.32 Å². The maximum Gasteiger partial charge on any atom is 0.292 e. The molecule has 3 rings (SSSR count). The number of pyridine rings is 1. The molecule has 0 aromatic carbocycles. The van der Waals surface area contributed by atoms with Gasteiger partial charge in [-0.3, -0.25) is 9.48 Å². The van der Waals surface area contributed by atoms with Gasteiger partial charge >= 0.3 is 0 Å². The smallest absolute Gasteiger partial charge is 0.292 e. The summed E-state index contributed by atoms with van der Waals surface area (Å²) < 4.78 is 7.29. The highest BCUT2D eigenvalue weighted by Crippen LogP contribution is 2.24. The first kappa shape index (κ1) is 17.8. The van der Waals surface area contributed by atoms with Gasteiger partial charge < -0.3 is 9.73 Å². The molecule has 0 saturated heterocycles. The highest BCUT2D eigenvalue weighted by molar-refractivity contribution is 6.36. The van der Waals surface area contributed by atoms with Crippen molar-refractivity contribution < 1.29 is 9.21 Å². The van der Waals surface area contributed by atoms with Gasteiger partial charge in [0.1, 0.15) is 5.76 Å². The highest BCUT2D eigenvalue weighted by Gasteiger charge is 2.16. The highest BCUT2D eigenvalue weighted by atomic mass is 35.5. The number of halogens is 3. The van der Waals surface area contributed by atoms with Crippen molar-refractivity contribution in [3.05, 3.63) is 62.4 Å². The molecular formula is C16H13Cl3N4O2. The van der Waals surface area contributed by atoms with Crippen LogP contribution in [0.15, 0.2) is 28.8 Å². The van der Waals surface area contributed by atoms with Crippen molar-refractivity contribution in [3.8, 4) is 0 Å². The van der Waals surface area contributed by atoms with Crippen LogP contribution in [0.2, 0.25) is 15.1 Å². The summed E-state index contributed by atoms with van der Waals surface area (Å²) in [6.45, 7) is 4.06. The minimum atomic E-state index is -0.464. The minimum Gasteiger partial charge on any atom is -0.454 e. The average molecular weight is 400 g/mol. The molecule has 3 heterocycles. The van der Waals surface area contributed by atoms with E-state index in [0.29, 0.717) is 22.4 Å². The number of carbonyl (C=O) groups is 1. The average Bonchev–Trinajstić information content (AvgIpc) is 3.12. The van der Waals surface area contributed by atoms with Crippen LogP contribution in [-0.2, 0) is 6.54 Å². The number of hydrogen-bond donors (Lipinski definition) is 1. The third-order valence-electron chi connectivity index (χ3n) is 3.52. The molecule has 1 N–H and O–H groups in total. The van der Waals surface area contributed by atoms with Gasteiger partial charge in [0.25, 0.3) is 5.91 Å². The van der Waals surface area contributed by atoms with E-state index in [1.165, 1.54) is 12.3 Å². The normalized spacial score (nSPS) is 10.9. The van der Waals surface area contributed by atoms with Crippen LogP contribution in [0.1, 0.15) is 27.7 Å². The van der Waals surface area contributed by atoms with E-state index in [9.17, 15) is 4.79 Å². The Balaban J connectivity index is 1.74. The van der Waals surface area contributed by atoms with Gasteiger partial charge in [-0.15, -0.1) is 0 Å². The minimum absolute atomic E-state index is 0.135. The fraction of sp³-hybridized carbons (Fsp3) is 0.188. The molecule has 0 spiro atoms. The molecular weight excluding hydrogens is 387 g/mol. The van der Waals surface area contributed by atoms with Crippen LogP contribution in [0.4, 0.5) is 5.82 Å². The molecule has 9 heteroatoms. The van der Waals surface area contributed by atoms with Crippen molar-refractivity contribution in [1.82, 2.24) is 14.8 Å². The van der Waals surface area contributed by atoms with E-state index in [1.807, 2.05) is 13.8 Å². The number of aromatic nitrogens is 3. The van der Waals surface area contributed by atoms with Crippen LogP contribution in [0.3, 0.4) is 0 Å². The first-order valence-electron chi connectivity index (χ1n) is 7.25. The van der Waals surface area contributed by atoms with Crippen LogP contribution in [0.5, 0.6) is 0 Å². The largest absolute Gasteiger partial charge is 0.454 e.